The second-order valence-corrected chi connectivity index (χ2v) is 10.6. The Morgan fingerprint density at radius 1 is 1.11 bits per heavy atom. The number of carbonyl (C=O) groups is 1. The average Bonchev–Trinajstić information content (AvgIpc) is 3.18. The third-order valence-electron chi connectivity index (χ3n) is 6.25. The number of halogens is 5. The average molecular weight is 557 g/mol. The molecule has 3 atom stereocenters. The van der Waals surface area contributed by atoms with Crippen LogP contribution in [0.5, 0.6) is 5.75 Å². The number of hydrogen-bond donors (Lipinski definition) is 1. The lowest BCUT2D eigenvalue weighted by molar-refractivity contribution is -0.145. The molecule has 202 valence electrons. The van der Waals surface area contributed by atoms with Crippen LogP contribution in [0.3, 0.4) is 0 Å². The number of aromatic nitrogens is 3. The minimum Gasteiger partial charge on any atom is -0.506 e. The fraction of sp³-hybridized carbons (Fsp3) is 0.333. The summed E-state index contributed by atoms with van der Waals surface area (Å²) in [5.41, 5.74) is 0.476. The number of alkyl halides is 4. The molecule has 3 heterocycles. The number of aryl methyl sites for hydroxylation is 1. The number of ketones is 1. The van der Waals surface area contributed by atoms with E-state index >= 15 is 0 Å². The highest BCUT2D eigenvalue weighted by Gasteiger charge is 2.48. The third-order valence-corrected chi connectivity index (χ3v) is 8.26. The lowest BCUT2D eigenvalue weighted by atomic mass is 10.0. The second-order valence-electron chi connectivity index (χ2n) is 8.75. The molecule has 0 unspecified atom stereocenters. The molecule has 2 aromatic heterocycles. The van der Waals surface area contributed by atoms with Crippen molar-refractivity contribution < 1.29 is 40.3 Å². The first-order chi connectivity index (χ1) is 17.8. The second kappa shape index (κ2) is 10.3. The molecule has 3 aromatic rings. The fourth-order valence-corrected chi connectivity index (χ4v) is 6.06. The van der Waals surface area contributed by atoms with Crippen LogP contribution in [0.25, 0.3) is 11.3 Å². The van der Waals surface area contributed by atoms with Crippen molar-refractivity contribution in [3.8, 4) is 17.0 Å². The van der Waals surface area contributed by atoms with Gasteiger partial charge in [-0.05, 0) is 49.2 Å². The molecule has 0 spiro atoms. The quantitative estimate of drug-likeness (QED) is 0.436. The maximum Gasteiger partial charge on any atom is 0.451 e. The molecule has 0 bridgehead atoms. The van der Waals surface area contributed by atoms with Crippen molar-refractivity contribution in [2.45, 2.75) is 55.5 Å². The van der Waals surface area contributed by atoms with Crippen molar-refractivity contribution in [1.82, 2.24) is 19.3 Å². The molecule has 38 heavy (non-hydrogen) atoms. The van der Waals surface area contributed by atoms with Crippen LogP contribution in [0.2, 0.25) is 0 Å². The Morgan fingerprint density at radius 2 is 1.74 bits per heavy atom. The van der Waals surface area contributed by atoms with Gasteiger partial charge in [-0.15, -0.1) is 0 Å². The predicted octanol–water partition coefficient (Wildman–Crippen LogP) is 4.09. The van der Waals surface area contributed by atoms with Crippen LogP contribution >= 0.6 is 0 Å². The first-order valence-corrected chi connectivity index (χ1v) is 12.8. The van der Waals surface area contributed by atoms with E-state index in [1.54, 1.807) is 0 Å². The van der Waals surface area contributed by atoms with E-state index in [1.165, 1.54) is 13.0 Å². The first kappa shape index (κ1) is 27.5. The Balaban J connectivity index is 1.53. The summed E-state index contributed by atoms with van der Waals surface area (Å²) in [5.74, 6) is -2.89. The minimum absolute atomic E-state index is 0.0893. The van der Waals surface area contributed by atoms with E-state index in [0.29, 0.717) is 0 Å². The molecule has 1 aliphatic rings. The van der Waals surface area contributed by atoms with E-state index in [2.05, 4.69) is 15.0 Å². The normalized spacial score (nSPS) is 20.5. The largest absolute Gasteiger partial charge is 0.506 e. The van der Waals surface area contributed by atoms with Crippen molar-refractivity contribution >= 4 is 15.8 Å². The number of benzene rings is 1. The molecule has 1 aromatic carbocycles. The third kappa shape index (κ3) is 5.50. The number of carbonyl (C=O) groups excluding carboxylic acids is 1. The summed E-state index contributed by atoms with van der Waals surface area (Å²) in [7, 11) is -4.33. The number of hydrogen-bond acceptors (Lipinski definition) is 7. The first-order valence-electron chi connectivity index (χ1n) is 11.3. The molecule has 0 radical (unpaired) electrons. The fourth-order valence-electron chi connectivity index (χ4n) is 4.22. The van der Waals surface area contributed by atoms with Crippen LogP contribution < -0.4 is 0 Å². The molecule has 0 saturated carbocycles. The molecule has 4 rings (SSSR count). The number of nitrogens with zero attached hydrogens (tertiary/aromatic N) is 4. The van der Waals surface area contributed by atoms with Gasteiger partial charge in [0.25, 0.3) is 0 Å². The Bertz CT molecular complexity index is 1430. The zero-order valence-electron chi connectivity index (χ0n) is 19.7. The van der Waals surface area contributed by atoms with Gasteiger partial charge >= 0.3 is 6.18 Å². The Kier molecular flexibility index (Phi) is 7.48. The Labute approximate surface area is 214 Å². The van der Waals surface area contributed by atoms with Crippen LogP contribution in [-0.2, 0) is 27.4 Å². The Morgan fingerprint density at radius 3 is 2.34 bits per heavy atom. The zero-order chi connectivity index (χ0) is 27.8. The minimum atomic E-state index is -4.72. The number of sulfonamides is 1. The molecular weight excluding hydrogens is 535 g/mol. The van der Waals surface area contributed by atoms with Gasteiger partial charge in [-0.25, -0.2) is 27.2 Å². The van der Waals surface area contributed by atoms with Gasteiger partial charge in [0.1, 0.15) is 17.7 Å². The SMILES string of the molecule is C[C@H]1[C@H](F)C[C@@H](C(=O)CCc2cc(-c3cnc(C(F)(F)F)nc3)ncc2O)N1S(=O)(=O)c1ccc(F)cc1. The maximum atomic E-state index is 14.6. The van der Waals surface area contributed by atoms with E-state index in [0.717, 1.165) is 47.2 Å². The number of Topliss-reactive ketones (excluding diaryl/α,β-unsaturated/α-hetero) is 1. The van der Waals surface area contributed by atoms with Crippen LogP contribution in [0.1, 0.15) is 31.2 Å². The van der Waals surface area contributed by atoms with E-state index in [1.807, 2.05) is 0 Å². The van der Waals surface area contributed by atoms with E-state index < -0.39 is 51.9 Å². The molecule has 1 aliphatic heterocycles. The van der Waals surface area contributed by atoms with Gasteiger partial charge in [-0.3, -0.25) is 9.78 Å². The highest BCUT2D eigenvalue weighted by Crippen LogP contribution is 2.35. The predicted molar refractivity (Wildman–Crippen MR) is 123 cm³/mol. The topological polar surface area (TPSA) is 113 Å². The number of pyridine rings is 1. The van der Waals surface area contributed by atoms with Crippen molar-refractivity contribution in [2.24, 2.45) is 0 Å². The molecule has 1 saturated heterocycles. The Hall–Kier alpha value is -3.52. The van der Waals surface area contributed by atoms with Crippen molar-refractivity contribution in [3.05, 3.63) is 66.1 Å². The molecular formula is C24H21F5N4O4S. The summed E-state index contributed by atoms with van der Waals surface area (Å²) in [5, 5.41) is 10.2. The smallest absolute Gasteiger partial charge is 0.451 e. The van der Waals surface area contributed by atoms with Gasteiger partial charge in [-0.2, -0.15) is 17.5 Å². The standard InChI is InChI=1S/C24H21F5N4O4S/c1-13-18(26)9-20(33(13)38(36,37)17-5-3-16(25)4-6-17)21(34)7-2-14-8-19(30-12-22(14)35)15-10-31-23(32-11-15)24(27,28)29/h3-6,8,10-13,18,20,35H,2,7,9H2,1H3/t13-,18+,20-/m0/s1. The molecule has 0 aliphatic carbocycles. The van der Waals surface area contributed by atoms with E-state index in [4.69, 9.17) is 0 Å². The molecule has 14 heteroatoms. The summed E-state index contributed by atoms with van der Waals surface area (Å²) in [6.45, 7) is 1.34. The summed E-state index contributed by atoms with van der Waals surface area (Å²) in [6, 6.07) is 2.85. The van der Waals surface area contributed by atoms with E-state index in [-0.39, 0.29) is 46.7 Å². The summed E-state index contributed by atoms with van der Waals surface area (Å²) in [4.78, 5) is 23.3. The lowest BCUT2D eigenvalue weighted by Gasteiger charge is -2.26. The number of aromatic hydroxyl groups is 1. The zero-order valence-corrected chi connectivity index (χ0v) is 20.5. The van der Waals surface area contributed by atoms with Crippen LogP contribution in [0.4, 0.5) is 22.0 Å². The van der Waals surface area contributed by atoms with Gasteiger partial charge in [0.2, 0.25) is 15.8 Å². The van der Waals surface area contributed by atoms with Gasteiger partial charge in [0.15, 0.2) is 5.78 Å². The van der Waals surface area contributed by atoms with Crippen LogP contribution in [0, 0.1) is 5.82 Å². The number of rotatable bonds is 7. The highest BCUT2D eigenvalue weighted by atomic mass is 32.2. The highest BCUT2D eigenvalue weighted by molar-refractivity contribution is 7.89. The van der Waals surface area contributed by atoms with Gasteiger partial charge in [-0.1, -0.05) is 0 Å². The maximum absolute atomic E-state index is 14.6. The lowest BCUT2D eigenvalue weighted by Crippen LogP contribution is -2.44. The molecule has 8 nitrogen and oxygen atoms in total. The van der Waals surface area contributed by atoms with Gasteiger partial charge in [0.05, 0.1) is 28.9 Å². The van der Waals surface area contributed by atoms with E-state index in [9.17, 15) is 40.3 Å². The molecule has 1 fully saturated rings. The van der Waals surface area contributed by atoms with Crippen LogP contribution in [0.15, 0.2) is 53.8 Å². The van der Waals surface area contributed by atoms with Crippen LogP contribution in [-0.4, -0.2) is 56.8 Å². The summed E-state index contributed by atoms with van der Waals surface area (Å²) >= 11 is 0. The summed E-state index contributed by atoms with van der Waals surface area (Å²) in [6.07, 6.45) is -4.17. The molecule has 1 N–H and O–H groups in total. The van der Waals surface area contributed by atoms with Gasteiger partial charge in [0, 0.05) is 30.8 Å². The monoisotopic (exact) mass is 556 g/mol. The molecule has 0 amide bonds. The van der Waals surface area contributed by atoms with Crippen molar-refractivity contribution in [2.75, 3.05) is 0 Å². The van der Waals surface area contributed by atoms with Crippen molar-refractivity contribution in [1.29, 1.82) is 0 Å². The van der Waals surface area contributed by atoms with Gasteiger partial charge < -0.3 is 5.11 Å². The van der Waals surface area contributed by atoms with Crippen molar-refractivity contribution in [3.63, 3.8) is 0 Å². The summed E-state index contributed by atoms with van der Waals surface area (Å²) < 4.78 is 93.2.